The summed E-state index contributed by atoms with van der Waals surface area (Å²) >= 11 is 0. The largest absolute Gasteiger partial charge is 0.480 e. The van der Waals surface area contributed by atoms with Crippen molar-refractivity contribution < 1.29 is 27.8 Å². The Balaban J connectivity index is 1.83. The molecule has 2 rings (SSSR count). The Morgan fingerprint density at radius 1 is 1.19 bits per heavy atom. The van der Waals surface area contributed by atoms with E-state index in [2.05, 4.69) is 6.92 Å². The third-order valence-corrected chi connectivity index (χ3v) is 8.21. The number of carboxylic acid groups (broad SMARTS) is 1. The first kappa shape index (κ1) is 21.6. The molecule has 0 atom stereocenters. The van der Waals surface area contributed by atoms with Crippen LogP contribution in [0, 0.1) is 5.92 Å². The standard InChI is InChI=1S/C18H33NO6S/c1-2-12-24-13-4-3-5-16-6-10-19(11-7-16)26(22,23)18(17(20)21)8-14-25-15-9-18/h16H,2-15H2,1H3,(H,20,21). The Labute approximate surface area is 157 Å². The molecule has 0 bridgehead atoms. The highest BCUT2D eigenvalue weighted by molar-refractivity contribution is 7.91. The van der Waals surface area contributed by atoms with E-state index in [4.69, 9.17) is 9.47 Å². The molecule has 0 aromatic heterocycles. The Hall–Kier alpha value is -0.700. The predicted octanol–water partition coefficient (Wildman–Crippen LogP) is 2.26. The number of nitrogens with zero attached hydrogens (tertiary/aromatic N) is 1. The molecule has 0 aliphatic carbocycles. The van der Waals surface area contributed by atoms with Crippen molar-refractivity contribution in [1.29, 1.82) is 0 Å². The molecule has 7 nitrogen and oxygen atoms in total. The SMILES string of the molecule is CCCOCCCCC1CCN(S(=O)(=O)C2(C(=O)O)CCOCC2)CC1. The summed E-state index contributed by atoms with van der Waals surface area (Å²) in [7, 11) is -3.87. The maximum absolute atomic E-state index is 13.0. The highest BCUT2D eigenvalue weighted by Gasteiger charge is 2.54. The van der Waals surface area contributed by atoms with Crippen molar-refractivity contribution >= 4 is 16.0 Å². The third-order valence-electron chi connectivity index (χ3n) is 5.60. The number of carbonyl (C=O) groups is 1. The summed E-state index contributed by atoms with van der Waals surface area (Å²) < 4.78 is 36.5. The summed E-state index contributed by atoms with van der Waals surface area (Å²) in [5.41, 5.74) is 0. The normalized spacial score (nSPS) is 22.3. The van der Waals surface area contributed by atoms with E-state index in [1.54, 1.807) is 0 Å². The summed E-state index contributed by atoms with van der Waals surface area (Å²) in [6, 6.07) is 0. The van der Waals surface area contributed by atoms with E-state index in [0.29, 0.717) is 19.0 Å². The molecule has 0 amide bonds. The lowest BCUT2D eigenvalue weighted by molar-refractivity contribution is -0.142. The molecule has 1 N–H and O–H groups in total. The lowest BCUT2D eigenvalue weighted by atomic mass is 9.92. The lowest BCUT2D eigenvalue weighted by Gasteiger charge is -2.39. The monoisotopic (exact) mass is 391 g/mol. The van der Waals surface area contributed by atoms with Crippen LogP contribution in [0.15, 0.2) is 0 Å². The summed E-state index contributed by atoms with van der Waals surface area (Å²) in [5, 5.41) is 9.64. The number of carboxylic acids is 1. The molecular formula is C18H33NO6S. The topological polar surface area (TPSA) is 93.1 Å². The molecule has 0 radical (unpaired) electrons. The van der Waals surface area contributed by atoms with Gasteiger partial charge in [-0.2, -0.15) is 0 Å². The molecule has 0 aromatic rings. The van der Waals surface area contributed by atoms with Crippen molar-refractivity contribution in [2.24, 2.45) is 5.92 Å². The van der Waals surface area contributed by atoms with Crippen LogP contribution >= 0.6 is 0 Å². The van der Waals surface area contributed by atoms with Crippen molar-refractivity contribution in [3.8, 4) is 0 Å². The second-order valence-corrected chi connectivity index (χ2v) is 9.62. The van der Waals surface area contributed by atoms with Crippen molar-refractivity contribution in [3.63, 3.8) is 0 Å². The van der Waals surface area contributed by atoms with Gasteiger partial charge in [-0.25, -0.2) is 12.7 Å². The fraction of sp³-hybridized carbons (Fsp3) is 0.944. The molecule has 0 unspecified atom stereocenters. The summed E-state index contributed by atoms with van der Waals surface area (Å²) in [6.45, 7) is 4.92. The van der Waals surface area contributed by atoms with Gasteiger partial charge in [-0.15, -0.1) is 0 Å². The summed E-state index contributed by atoms with van der Waals surface area (Å²) in [4.78, 5) is 11.8. The van der Waals surface area contributed by atoms with Crippen LogP contribution in [0.4, 0.5) is 0 Å². The minimum atomic E-state index is -3.87. The molecule has 26 heavy (non-hydrogen) atoms. The van der Waals surface area contributed by atoms with Crippen LogP contribution in [0.2, 0.25) is 0 Å². The number of unbranched alkanes of at least 4 members (excludes halogenated alkanes) is 1. The van der Waals surface area contributed by atoms with Gasteiger partial charge in [0.25, 0.3) is 0 Å². The number of sulfonamides is 1. The fourth-order valence-electron chi connectivity index (χ4n) is 3.85. The summed E-state index contributed by atoms with van der Waals surface area (Å²) in [5.74, 6) is -0.724. The predicted molar refractivity (Wildman–Crippen MR) is 98.6 cm³/mol. The van der Waals surface area contributed by atoms with E-state index in [0.717, 1.165) is 51.7 Å². The van der Waals surface area contributed by atoms with Gasteiger partial charge in [0.2, 0.25) is 10.0 Å². The van der Waals surface area contributed by atoms with Crippen molar-refractivity contribution in [2.75, 3.05) is 39.5 Å². The van der Waals surface area contributed by atoms with Gasteiger partial charge in [0.15, 0.2) is 4.75 Å². The second-order valence-electron chi connectivity index (χ2n) is 7.37. The number of piperidine rings is 1. The van der Waals surface area contributed by atoms with Gasteiger partial charge < -0.3 is 14.6 Å². The van der Waals surface area contributed by atoms with Crippen molar-refractivity contribution in [3.05, 3.63) is 0 Å². The quantitative estimate of drug-likeness (QED) is 0.574. The Morgan fingerprint density at radius 3 is 2.42 bits per heavy atom. The van der Waals surface area contributed by atoms with E-state index in [9.17, 15) is 18.3 Å². The number of rotatable bonds is 10. The van der Waals surface area contributed by atoms with Crippen molar-refractivity contribution in [2.45, 2.75) is 63.0 Å². The van der Waals surface area contributed by atoms with E-state index in [1.165, 1.54) is 4.31 Å². The minimum Gasteiger partial charge on any atom is -0.480 e. The van der Waals surface area contributed by atoms with Crippen LogP contribution < -0.4 is 0 Å². The number of hydrogen-bond donors (Lipinski definition) is 1. The number of ether oxygens (including phenoxy) is 2. The van der Waals surface area contributed by atoms with E-state index >= 15 is 0 Å². The van der Waals surface area contributed by atoms with Gasteiger partial charge in [0.05, 0.1) is 0 Å². The van der Waals surface area contributed by atoms with E-state index in [1.807, 2.05) is 0 Å². The van der Waals surface area contributed by atoms with Crippen LogP contribution in [-0.4, -0.2) is 68.1 Å². The first-order chi connectivity index (χ1) is 12.4. The summed E-state index contributed by atoms with van der Waals surface area (Å²) in [6.07, 6.45) is 5.93. The highest BCUT2D eigenvalue weighted by Crippen LogP contribution is 2.35. The first-order valence-electron chi connectivity index (χ1n) is 9.82. The Bertz CT molecular complexity index is 536. The average molecular weight is 392 g/mol. The number of aliphatic carboxylic acids is 1. The molecule has 0 aromatic carbocycles. The minimum absolute atomic E-state index is 0.0301. The fourth-order valence-corrected chi connectivity index (χ4v) is 5.94. The molecule has 0 spiro atoms. The second kappa shape index (κ2) is 10.0. The molecular weight excluding hydrogens is 358 g/mol. The van der Waals surface area contributed by atoms with Gasteiger partial charge in [-0.3, -0.25) is 4.79 Å². The van der Waals surface area contributed by atoms with Crippen LogP contribution in [0.3, 0.4) is 0 Å². The van der Waals surface area contributed by atoms with Gasteiger partial charge in [0, 0.05) is 52.4 Å². The molecule has 2 heterocycles. The zero-order valence-electron chi connectivity index (χ0n) is 15.8. The van der Waals surface area contributed by atoms with Gasteiger partial charge in [-0.05, 0) is 31.6 Å². The van der Waals surface area contributed by atoms with Crippen LogP contribution in [0.25, 0.3) is 0 Å². The smallest absolute Gasteiger partial charge is 0.326 e. The Morgan fingerprint density at radius 2 is 1.85 bits per heavy atom. The van der Waals surface area contributed by atoms with Crippen LogP contribution in [0.1, 0.15) is 58.3 Å². The first-order valence-corrected chi connectivity index (χ1v) is 11.3. The van der Waals surface area contributed by atoms with Crippen LogP contribution in [0.5, 0.6) is 0 Å². The van der Waals surface area contributed by atoms with Crippen molar-refractivity contribution in [1.82, 2.24) is 4.31 Å². The molecule has 2 fully saturated rings. The molecule has 2 saturated heterocycles. The number of hydrogen-bond acceptors (Lipinski definition) is 5. The van der Waals surface area contributed by atoms with Crippen LogP contribution in [-0.2, 0) is 24.3 Å². The van der Waals surface area contributed by atoms with Gasteiger partial charge >= 0.3 is 5.97 Å². The van der Waals surface area contributed by atoms with E-state index in [-0.39, 0.29) is 26.1 Å². The van der Waals surface area contributed by atoms with Gasteiger partial charge in [0.1, 0.15) is 0 Å². The highest BCUT2D eigenvalue weighted by atomic mass is 32.2. The zero-order chi connectivity index (χ0) is 19.0. The molecule has 2 aliphatic heterocycles. The van der Waals surface area contributed by atoms with Gasteiger partial charge in [-0.1, -0.05) is 19.8 Å². The molecule has 152 valence electrons. The maximum atomic E-state index is 13.0. The lowest BCUT2D eigenvalue weighted by Crippen LogP contribution is -2.57. The average Bonchev–Trinajstić information content (AvgIpc) is 2.65. The Kier molecular flexibility index (Phi) is 8.32. The molecule has 0 saturated carbocycles. The maximum Gasteiger partial charge on any atom is 0.326 e. The zero-order valence-corrected chi connectivity index (χ0v) is 16.6. The third kappa shape index (κ3) is 4.97. The molecule has 8 heteroatoms. The van der Waals surface area contributed by atoms with E-state index < -0.39 is 20.7 Å². The molecule has 2 aliphatic rings.